The number of hydrogen-bond donors (Lipinski definition) is 0. The van der Waals surface area contributed by atoms with Gasteiger partial charge in [0.25, 0.3) is 0 Å². The second-order valence-electron chi connectivity index (χ2n) is 4.83. The molecule has 16 heavy (non-hydrogen) atoms. The maximum atomic E-state index is 4.50. The fourth-order valence-electron chi connectivity index (χ4n) is 2.39. The van der Waals surface area contributed by atoms with Crippen molar-refractivity contribution in [2.24, 2.45) is 7.05 Å². The Hall–Kier alpha value is -1.38. The first-order chi connectivity index (χ1) is 7.43. The number of rotatable bonds is 1. The molecule has 0 saturated heterocycles. The van der Waals surface area contributed by atoms with Gasteiger partial charge in [-0.3, -0.25) is 0 Å². The van der Waals surface area contributed by atoms with E-state index in [4.69, 9.17) is 0 Å². The van der Waals surface area contributed by atoms with Crippen LogP contribution in [0.1, 0.15) is 42.0 Å². The third-order valence-corrected chi connectivity index (χ3v) is 3.43. The van der Waals surface area contributed by atoms with Crippen LogP contribution in [-0.4, -0.2) is 15.0 Å². The van der Waals surface area contributed by atoms with Crippen molar-refractivity contribution < 1.29 is 0 Å². The van der Waals surface area contributed by atoms with Crippen LogP contribution in [0.15, 0.2) is 0 Å². The van der Waals surface area contributed by atoms with Crippen LogP contribution in [0.2, 0.25) is 0 Å². The molecule has 0 saturated carbocycles. The number of fused-ring (bicyclic) bond motifs is 1. The van der Waals surface area contributed by atoms with E-state index >= 15 is 0 Å². The summed E-state index contributed by atoms with van der Waals surface area (Å²) in [6, 6.07) is 0. The van der Waals surface area contributed by atoms with Gasteiger partial charge in [0.05, 0.1) is 0 Å². The Labute approximate surface area is 96.5 Å². The van der Waals surface area contributed by atoms with Gasteiger partial charge in [-0.25, -0.2) is 0 Å². The average Bonchev–Trinajstić information content (AvgIpc) is 2.56. The largest absolute Gasteiger partial charge is 0.187 e. The van der Waals surface area contributed by atoms with Gasteiger partial charge in [0.1, 0.15) is 11.0 Å². The molecular formula is C13H19N3. The summed E-state index contributed by atoms with van der Waals surface area (Å²) in [5.74, 6) is 0.485. The molecule has 3 nitrogen and oxygen atoms in total. The van der Waals surface area contributed by atoms with E-state index in [-0.39, 0.29) is 0 Å². The van der Waals surface area contributed by atoms with E-state index in [1.165, 1.54) is 22.3 Å². The highest BCUT2D eigenvalue weighted by Gasteiger charge is 2.17. The van der Waals surface area contributed by atoms with Crippen molar-refractivity contribution in [1.29, 1.82) is 0 Å². The molecule has 2 rings (SSSR count). The highest BCUT2D eigenvalue weighted by atomic mass is 15.4. The number of hydrogen-bond acceptors (Lipinski definition) is 2. The monoisotopic (exact) mass is 217 g/mol. The van der Waals surface area contributed by atoms with Crippen LogP contribution in [0.3, 0.4) is 0 Å². The zero-order valence-corrected chi connectivity index (χ0v) is 10.9. The van der Waals surface area contributed by atoms with Crippen molar-refractivity contribution in [1.82, 2.24) is 15.0 Å². The maximum absolute atomic E-state index is 4.50. The van der Waals surface area contributed by atoms with Crippen molar-refractivity contribution in [3.63, 3.8) is 0 Å². The highest BCUT2D eigenvalue weighted by molar-refractivity contribution is 5.84. The number of benzene rings is 1. The van der Waals surface area contributed by atoms with Crippen LogP contribution >= 0.6 is 0 Å². The first-order valence-electron chi connectivity index (χ1n) is 5.74. The van der Waals surface area contributed by atoms with E-state index in [0.29, 0.717) is 5.92 Å². The standard InChI is InChI=1S/C13H19N3/c1-7(2)11-9(4)8(3)10(5)12-13(11)15-16(6)14-12/h7H,1-6H3. The molecule has 0 amide bonds. The number of nitrogens with zero attached hydrogens (tertiary/aromatic N) is 3. The average molecular weight is 217 g/mol. The summed E-state index contributed by atoms with van der Waals surface area (Å²) in [6.45, 7) is 10.9. The molecule has 0 atom stereocenters. The topological polar surface area (TPSA) is 30.7 Å². The SMILES string of the molecule is Cc1c(C)c(C(C)C)c2nn(C)nc2c1C. The Bertz CT molecular complexity index is 550. The number of aryl methyl sites for hydroxylation is 2. The zero-order chi connectivity index (χ0) is 12.0. The molecule has 0 aliphatic carbocycles. The highest BCUT2D eigenvalue weighted by Crippen LogP contribution is 2.31. The smallest absolute Gasteiger partial charge is 0.117 e. The van der Waals surface area contributed by atoms with Gasteiger partial charge in [0.15, 0.2) is 0 Å². The van der Waals surface area contributed by atoms with Gasteiger partial charge in [-0.15, -0.1) is 0 Å². The predicted molar refractivity (Wildman–Crippen MR) is 66.8 cm³/mol. The molecule has 1 aromatic carbocycles. The minimum atomic E-state index is 0.485. The third kappa shape index (κ3) is 1.42. The molecule has 2 aromatic rings. The lowest BCUT2D eigenvalue weighted by Gasteiger charge is -2.14. The summed E-state index contributed by atoms with van der Waals surface area (Å²) in [5.41, 5.74) is 7.42. The second-order valence-corrected chi connectivity index (χ2v) is 4.83. The lowest BCUT2D eigenvalue weighted by Crippen LogP contribution is -1.99. The number of aromatic nitrogens is 3. The Morgan fingerprint density at radius 1 is 0.875 bits per heavy atom. The first-order valence-corrected chi connectivity index (χ1v) is 5.74. The molecule has 0 bridgehead atoms. The van der Waals surface area contributed by atoms with Crippen molar-refractivity contribution in [2.45, 2.75) is 40.5 Å². The van der Waals surface area contributed by atoms with Crippen LogP contribution in [0.4, 0.5) is 0 Å². The second kappa shape index (κ2) is 3.58. The van der Waals surface area contributed by atoms with Crippen LogP contribution in [-0.2, 0) is 7.05 Å². The minimum absolute atomic E-state index is 0.485. The molecule has 0 aliphatic heterocycles. The Morgan fingerprint density at radius 3 is 2.00 bits per heavy atom. The fraction of sp³-hybridized carbons (Fsp3) is 0.538. The quantitative estimate of drug-likeness (QED) is 0.735. The van der Waals surface area contributed by atoms with Gasteiger partial charge in [0, 0.05) is 7.05 Å². The Kier molecular flexibility index (Phi) is 2.49. The van der Waals surface area contributed by atoms with E-state index in [0.717, 1.165) is 11.0 Å². The summed E-state index contributed by atoms with van der Waals surface area (Å²) < 4.78 is 0. The van der Waals surface area contributed by atoms with E-state index in [9.17, 15) is 0 Å². The summed E-state index contributed by atoms with van der Waals surface area (Å²) in [4.78, 5) is 1.67. The van der Waals surface area contributed by atoms with Gasteiger partial charge in [-0.2, -0.15) is 15.0 Å². The van der Waals surface area contributed by atoms with E-state index in [2.05, 4.69) is 44.8 Å². The first kappa shape index (κ1) is 11.1. The third-order valence-electron chi connectivity index (χ3n) is 3.43. The van der Waals surface area contributed by atoms with Crippen molar-refractivity contribution in [2.75, 3.05) is 0 Å². The Balaban J connectivity index is 2.97. The van der Waals surface area contributed by atoms with E-state index in [1.54, 1.807) is 4.80 Å². The zero-order valence-electron chi connectivity index (χ0n) is 10.9. The fourth-order valence-corrected chi connectivity index (χ4v) is 2.39. The van der Waals surface area contributed by atoms with Gasteiger partial charge < -0.3 is 0 Å². The molecule has 0 fully saturated rings. The van der Waals surface area contributed by atoms with Crippen molar-refractivity contribution in [3.8, 4) is 0 Å². The van der Waals surface area contributed by atoms with Crippen molar-refractivity contribution in [3.05, 3.63) is 22.3 Å². The molecule has 1 heterocycles. The molecule has 0 radical (unpaired) electrons. The lowest BCUT2D eigenvalue weighted by atomic mass is 9.90. The molecule has 1 aromatic heterocycles. The van der Waals surface area contributed by atoms with E-state index in [1.807, 2.05) is 7.05 Å². The normalized spacial score (nSPS) is 11.7. The van der Waals surface area contributed by atoms with E-state index < -0.39 is 0 Å². The van der Waals surface area contributed by atoms with Crippen LogP contribution in [0.25, 0.3) is 11.0 Å². The molecule has 0 N–H and O–H groups in total. The van der Waals surface area contributed by atoms with Crippen LogP contribution in [0.5, 0.6) is 0 Å². The van der Waals surface area contributed by atoms with Crippen LogP contribution in [0, 0.1) is 20.8 Å². The van der Waals surface area contributed by atoms with Gasteiger partial charge in [-0.1, -0.05) is 13.8 Å². The summed E-state index contributed by atoms with van der Waals surface area (Å²) in [7, 11) is 1.88. The van der Waals surface area contributed by atoms with Gasteiger partial charge >= 0.3 is 0 Å². The molecule has 3 heteroatoms. The predicted octanol–water partition coefficient (Wildman–Crippen LogP) is 3.02. The molecule has 0 aliphatic rings. The van der Waals surface area contributed by atoms with Crippen LogP contribution < -0.4 is 0 Å². The Morgan fingerprint density at radius 2 is 1.44 bits per heavy atom. The molecule has 86 valence electrons. The minimum Gasteiger partial charge on any atom is -0.187 e. The molecule has 0 unspecified atom stereocenters. The maximum Gasteiger partial charge on any atom is 0.117 e. The summed E-state index contributed by atoms with van der Waals surface area (Å²) in [5, 5.41) is 8.97. The molecular weight excluding hydrogens is 198 g/mol. The lowest BCUT2D eigenvalue weighted by molar-refractivity contribution is 0.663. The van der Waals surface area contributed by atoms with Crippen molar-refractivity contribution >= 4 is 11.0 Å². The van der Waals surface area contributed by atoms with Gasteiger partial charge in [0.2, 0.25) is 0 Å². The van der Waals surface area contributed by atoms with Gasteiger partial charge in [-0.05, 0) is 48.9 Å². The molecule has 0 spiro atoms. The summed E-state index contributed by atoms with van der Waals surface area (Å²) in [6.07, 6.45) is 0. The summed E-state index contributed by atoms with van der Waals surface area (Å²) >= 11 is 0.